The minimum atomic E-state index is -4.44. The number of hydrogen-bond donors (Lipinski definition) is 0. The van der Waals surface area contributed by atoms with Gasteiger partial charge >= 0.3 is 6.18 Å². The first-order valence-electron chi connectivity index (χ1n) is 6.21. The number of rotatable bonds is 3. The van der Waals surface area contributed by atoms with Crippen LogP contribution in [0.25, 0.3) is 11.3 Å². The van der Waals surface area contributed by atoms with E-state index in [1.165, 1.54) is 18.3 Å². The van der Waals surface area contributed by atoms with Gasteiger partial charge in [-0.1, -0.05) is 19.1 Å². The van der Waals surface area contributed by atoms with Crippen LogP contribution in [0.3, 0.4) is 0 Å². The molecule has 0 atom stereocenters. The molecule has 2 aromatic rings. The first-order valence-corrected chi connectivity index (χ1v) is 6.21. The molecule has 0 spiro atoms. The van der Waals surface area contributed by atoms with Gasteiger partial charge < -0.3 is 9.90 Å². The first-order chi connectivity index (χ1) is 9.84. The van der Waals surface area contributed by atoms with Gasteiger partial charge in [0.15, 0.2) is 0 Å². The molecule has 0 N–H and O–H groups in total. The number of carbonyl (C=O) groups excluding carboxylic acids is 1. The molecule has 21 heavy (non-hydrogen) atoms. The molecule has 0 saturated carbocycles. The molecular weight excluding hydrogens is 283 g/mol. The highest BCUT2D eigenvalue weighted by molar-refractivity contribution is 5.95. The Hall–Kier alpha value is -2.37. The lowest BCUT2D eigenvalue weighted by Crippen LogP contribution is -2.25. The fourth-order valence-electron chi connectivity index (χ4n) is 2.06. The molecule has 1 heterocycles. The summed E-state index contributed by atoms with van der Waals surface area (Å²) in [5.41, 5.74) is 0.0631. The van der Waals surface area contributed by atoms with Gasteiger partial charge in [0.2, 0.25) is 0 Å². The van der Waals surface area contributed by atoms with Crippen molar-refractivity contribution in [3.63, 3.8) is 0 Å². The Morgan fingerprint density at radius 3 is 2.29 bits per heavy atom. The number of carboxylic acid groups (broad SMARTS) is 1. The predicted octanol–water partition coefficient (Wildman–Crippen LogP) is 2.69. The highest BCUT2D eigenvalue weighted by atomic mass is 19.4. The molecule has 0 saturated heterocycles. The number of pyridine rings is 1. The summed E-state index contributed by atoms with van der Waals surface area (Å²) in [5, 5.41) is 11.3. The van der Waals surface area contributed by atoms with Crippen LogP contribution < -0.4 is 5.11 Å². The van der Waals surface area contributed by atoms with Gasteiger partial charge in [0.1, 0.15) is 0 Å². The maximum absolute atomic E-state index is 12.5. The Kier molecular flexibility index (Phi) is 3.97. The van der Waals surface area contributed by atoms with Crippen LogP contribution in [-0.2, 0) is 12.6 Å². The minimum Gasteiger partial charge on any atom is -0.545 e. The topological polar surface area (TPSA) is 53.0 Å². The summed E-state index contributed by atoms with van der Waals surface area (Å²) in [7, 11) is 0. The number of aromatic carboxylic acids is 1. The standard InChI is InChI=1S/C15H12F3NO2/c1-2-9-7-8-19-13(12(9)14(20)21)10-3-5-11(6-4-10)15(16,17)18/h3-8H,2H2,1H3,(H,20,21)/p-1. The predicted molar refractivity (Wildman–Crippen MR) is 68.4 cm³/mol. The third kappa shape index (κ3) is 3.04. The molecule has 0 aliphatic carbocycles. The second-order valence-corrected chi connectivity index (χ2v) is 4.41. The zero-order valence-electron chi connectivity index (χ0n) is 11.1. The summed E-state index contributed by atoms with van der Waals surface area (Å²) >= 11 is 0. The average Bonchev–Trinajstić information content (AvgIpc) is 2.45. The van der Waals surface area contributed by atoms with Crippen molar-refractivity contribution in [2.45, 2.75) is 19.5 Å². The molecule has 2 rings (SSSR count). The van der Waals surface area contributed by atoms with E-state index in [-0.39, 0.29) is 11.3 Å². The molecule has 6 heteroatoms. The molecule has 0 radical (unpaired) electrons. The number of aromatic nitrogens is 1. The molecule has 3 nitrogen and oxygen atoms in total. The summed E-state index contributed by atoms with van der Waals surface area (Å²) in [4.78, 5) is 15.2. The zero-order valence-corrected chi connectivity index (χ0v) is 11.1. The molecule has 1 aromatic carbocycles. The van der Waals surface area contributed by atoms with Crippen LogP contribution in [0, 0.1) is 0 Å². The van der Waals surface area contributed by atoms with E-state index in [0.717, 1.165) is 12.1 Å². The lowest BCUT2D eigenvalue weighted by Gasteiger charge is -2.14. The monoisotopic (exact) mass is 294 g/mol. The van der Waals surface area contributed by atoms with Gasteiger partial charge in [-0.3, -0.25) is 4.98 Å². The van der Waals surface area contributed by atoms with Crippen molar-refractivity contribution in [2.75, 3.05) is 0 Å². The fraction of sp³-hybridized carbons (Fsp3) is 0.200. The molecule has 0 aliphatic rings. The Morgan fingerprint density at radius 2 is 1.81 bits per heavy atom. The maximum atomic E-state index is 12.5. The van der Waals surface area contributed by atoms with Crippen LogP contribution in [0.1, 0.15) is 28.4 Å². The molecule has 110 valence electrons. The van der Waals surface area contributed by atoms with E-state index in [2.05, 4.69) is 4.98 Å². The number of aryl methyl sites for hydroxylation is 1. The molecule has 0 unspecified atom stereocenters. The summed E-state index contributed by atoms with van der Waals surface area (Å²) in [5.74, 6) is -1.39. The lowest BCUT2D eigenvalue weighted by molar-refractivity contribution is -0.255. The van der Waals surface area contributed by atoms with Gasteiger partial charge in [-0.25, -0.2) is 0 Å². The van der Waals surface area contributed by atoms with Crippen LogP contribution in [0.4, 0.5) is 13.2 Å². The molecule has 0 bridgehead atoms. The van der Waals surface area contributed by atoms with Crippen LogP contribution in [0.15, 0.2) is 36.5 Å². The molecule has 0 aliphatic heterocycles. The number of alkyl halides is 3. The summed E-state index contributed by atoms with van der Waals surface area (Å²) in [6.07, 6.45) is -2.55. The number of hydrogen-bond acceptors (Lipinski definition) is 3. The molecule has 0 fully saturated rings. The van der Waals surface area contributed by atoms with Gasteiger partial charge in [-0.2, -0.15) is 13.2 Å². The number of nitrogens with zero attached hydrogens (tertiary/aromatic N) is 1. The van der Waals surface area contributed by atoms with Crippen LogP contribution in [0.5, 0.6) is 0 Å². The largest absolute Gasteiger partial charge is 0.545 e. The Bertz CT molecular complexity index is 664. The summed E-state index contributed by atoms with van der Waals surface area (Å²) < 4.78 is 37.6. The van der Waals surface area contributed by atoms with E-state index in [0.29, 0.717) is 17.5 Å². The van der Waals surface area contributed by atoms with Crippen LogP contribution >= 0.6 is 0 Å². The SMILES string of the molecule is CCc1ccnc(-c2ccc(C(F)(F)F)cc2)c1C(=O)[O-]. The molecule has 1 aromatic heterocycles. The van der Waals surface area contributed by atoms with Crippen molar-refractivity contribution >= 4 is 5.97 Å². The highest BCUT2D eigenvalue weighted by Gasteiger charge is 2.30. The van der Waals surface area contributed by atoms with Crippen molar-refractivity contribution < 1.29 is 23.1 Å². The maximum Gasteiger partial charge on any atom is 0.416 e. The Labute approximate surface area is 119 Å². The van der Waals surface area contributed by atoms with Crippen molar-refractivity contribution in [1.29, 1.82) is 0 Å². The third-order valence-electron chi connectivity index (χ3n) is 3.11. The molecular formula is C15H11F3NO2-. The Morgan fingerprint density at radius 1 is 1.19 bits per heavy atom. The number of benzene rings is 1. The zero-order chi connectivity index (χ0) is 15.6. The average molecular weight is 294 g/mol. The Balaban J connectivity index is 2.54. The van der Waals surface area contributed by atoms with E-state index in [1.807, 2.05) is 0 Å². The highest BCUT2D eigenvalue weighted by Crippen LogP contribution is 2.31. The van der Waals surface area contributed by atoms with E-state index < -0.39 is 17.7 Å². The van der Waals surface area contributed by atoms with Crippen molar-refractivity contribution in [1.82, 2.24) is 4.98 Å². The first kappa shape index (κ1) is 15.0. The lowest BCUT2D eigenvalue weighted by atomic mass is 9.99. The smallest absolute Gasteiger partial charge is 0.416 e. The van der Waals surface area contributed by atoms with Crippen molar-refractivity contribution in [2.24, 2.45) is 0 Å². The van der Waals surface area contributed by atoms with Gasteiger partial charge in [-0.05, 0) is 30.2 Å². The summed E-state index contributed by atoms with van der Waals surface area (Å²) in [6.45, 7) is 1.78. The van der Waals surface area contributed by atoms with E-state index in [9.17, 15) is 23.1 Å². The molecule has 0 amide bonds. The van der Waals surface area contributed by atoms with Crippen molar-refractivity contribution in [3.8, 4) is 11.3 Å². The van der Waals surface area contributed by atoms with E-state index >= 15 is 0 Å². The van der Waals surface area contributed by atoms with Gasteiger partial charge in [0.05, 0.1) is 17.2 Å². The van der Waals surface area contributed by atoms with Gasteiger partial charge in [0.25, 0.3) is 0 Å². The fourth-order valence-corrected chi connectivity index (χ4v) is 2.06. The van der Waals surface area contributed by atoms with Crippen LogP contribution in [-0.4, -0.2) is 11.0 Å². The second-order valence-electron chi connectivity index (χ2n) is 4.41. The minimum absolute atomic E-state index is 0.0836. The van der Waals surface area contributed by atoms with Crippen LogP contribution in [0.2, 0.25) is 0 Å². The van der Waals surface area contributed by atoms with Crippen molar-refractivity contribution in [3.05, 3.63) is 53.2 Å². The number of carbonyl (C=O) groups is 1. The third-order valence-corrected chi connectivity index (χ3v) is 3.11. The quantitative estimate of drug-likeness (QED) is 0.874. The summed E-state index contributed by atoms with van der Waals surface area (Å²) in [6, 6.07) is 5.76. The van der Waals surface area contributed by atoms with Gasteiger partial charge in [-0.15, -0.1) is 0 Å². The normalized spacial score (nSPS) is 11.4. The van der Waals surface area contributed by atoms with E-state index in [4.69, 9.17) is 0 Å². The second kappa shape index (κ2) is 5.55. The number of carboxylic acids is 1. The van der Waals surface area contributed by atoms with E-state index in [1.54, 1.807) is 13.0 Å². The van der Waals surface area contributed by atoms with Gasteiger partial charge in [0, 0.05) is 17.3 Å². The number of halogens is 3.